The standard InChI is InChI=1S/C11H7Cl2NO/c12-8-4-3-5-9(13)11(8)10-6-1-2-7-14(10)15/h1-7H. The monoisotopic (exact) mass is 239 g/mol. The van der Waals surface area contributed by atoms with Gasteiger partial charge in [0.25, 0.3) is 0 Å². The zero-order valence-corrected chi connectivity index (χ0v) is 9.16. The van der Waals surface area contributed by atoms with E-state index in [4.69, 9.17) is 23.2 Å². The van der Waals surface area contributed by atoms with Crippen molar-refractivity contribution in [3.05, 3.63) is 57.8 Å². The lowest BCUT2D eigenvalue weighted by molar-refractivity contribution is -0.593. The average Bonchev–Trinajstić information content (AvgIpc) is 2.20. The molecule has 0 aliphatic rings. The molecule has 2 nitrogen and oxygen atoms in total. The van der Waals surface area contributed by atoms with E-state index in [-0.39, 0.29) is 0 Å². The van der Waals surface area contributed by atoms with Crippen LogP contribution in [0.4, 0.5) is 0 Å². The molecular formula is C11H7Cl2NO. The summed E-state index contributed by atoms with van der Waals surface area (Å²) in [7, 11) is 0. The van der Waals surface area contributed by atoms with Crippen LogP contribution >= 0.6 is 23.2 Å². The summed E-state index contributed by atoms with van der Waals surface area (Å²) in [6.45, 7) is 0. The van der Waals surface area contributed by atoms with Crippen LogP contribution in [0.1, 0.15) is 0 Å². The van der Waals surface area contributed by atoms with Crippen molar-refractivity contribution in [1.29, 1.82) is 0 Å². The van der Waals surface area contributed by atoms with E-state index in [1.165, 1.54) is 6.20 Å². The van der Waals surface area contributed by atoms with Gasteiger partial charge < -0.3 is 5.21 Å². The second-order valence-corrected chi connectivity index (χ2v) is 3.82. The zero-order valence-electron chi connectivity index (χ0n) is 7.65. The highest BCUT2D eigenvalue weighted by Gasteiger charge is 2.14. The van der Waals surface area contributed by atoms with Crippen molar-refractivity contribution in [1.82, 2.24) is 0 Å². The molecule has 2 aromatic rings. The summed E-state index contributed by atoms with van der Waals surface area (Å²) < 4.78 is 0.743. The Morgan fingerprint density at radius 3 is 2.20 bits per heavy atom. The van der Waals surface area contributed by atoms with Crippen LogP contribution in [0.3, 0.4) is 0 Å². The lowest BCUT2D eigenvalue weighted by Crippen LogP contribution is -2.28. The van der Waals surface area contributed by atoms with Crippen LogP contribution in [-0.2, 0) is 0 Å². The topological polar surface area (TPSA) is 26.9 Å². The van der Waals surface area contributed by atoms with Crippen LogP contribution in [0.2, 0.25) is 10.0 Å². The SMILES string of the molecule is [O-][n+]1ccccc1-c1c(Cl)cccc1Cl. The number of rotatable bonds is 1. The van der Waals surface area contributed by atoms with Crippen molar-refractivity contribution < 1.29 is 4.73 Å². The quantitative estimate of drug-likeness (QED) is 0.555. The number of hydrogen-bond acceptors (Lipinski definition) is 1. The lowest BCUT2D eigenvalue weighted by atomic mass is 10.1. The lowest BCUT2D eigenvalue weighted by Gasteiger charge is -2.06. The Labute approximate surface area is 97.3 Å². The Morgan fingerprint density at radius 1 is 0.933 bits per heavy atom. The van der Waals surface area contributed by atoms with Crippen molar-refractivity contribution in [2.75, 3.05) is 0 Å². The fourth-order valence-electron chi connectivity index (χ4n) is 1.36. The highest BCUT2D eigenvalue weighted by atomic mass is 35.5. The maximum absolute atomic E-state index is 11.5. The molecule has 0 aliphatic heterocycles. The number of aromatic nitrogens is 1. The van der Waals surface area contributed by atoms with Gasteiger partial charge in [-0.25, -0.2) is 0 Å². The molecule has 0 N–H and O–H groups in total. The Kier molecular flexibility index (Phi) is 2.80. The van der Waals surface area contributed by atoms with Gasteiger partial charge in [-0.3, -0.25) is 0 Å². The largest absolute Gasteiger partial charge is 0.618 e. The summed E-state index contributed by atoms with van der Waals surface area (Å²) >= 11 is 12.0. The maximum atomic E-state index is 11.5. The van der Waals surface area contributed by atoms with Crippen molar-refractivity contribution >= 4 is 23.2 Å². The van der Waals surface area contributed by atoms with E-state index in [2.05, 4.69) is 0 Å². The maximum Gasteiger partial charge on any atom is 0.226 e. The van der Waals surface area contributed by atoms with E-state index >= 15 is 0 Å². The molecule has 0 aliphatic carbocycles. The van der Waals surface area contributed by atoms with E-state index in [1.54, 1.807) is 36.4 Å². The Bertz CT molecular complexity index is 479. The van der Waals surface area contributed by atoms with E-state index in [0.717, 1.165) is 4.73 Å². The smallest absolute Gasteiger partial charge is 0.226 e. The van der Waals surface area contributed by atoms with Gasteiger partial charge in [0.05, 0.1) is 15.6 Å². The predicted molar refractivity (Wildman–Crippen MR) is 60.9 cm³/mol. The molecule has 0 saturated carbocycles. The third-order valence-corrected chi connectivity index (χ3v) is 2.67. The van der Waals surface area contributed by atoms with E-state index < -0.39 is 0 Å². The normalized spacial score (nSPS) is 10.3. The van der Waals surface area contributed by atoms with Crippen LogP contribution in [0.25, 0.3) is 11.3 Å². The van der Waals surface area contributed by atoms with E-state index in [9.17, 15) is 5.21 Å². The Morgan fingerprint density at radius 2 is 1.60 bits per heavy atom. The van der Waals surface area contributed by atoms with E-state index in [1.807, 2.05) is 0 Å². The third kappa shape index (κ3) is 1.91. The number of halogens is 2. The first-order chi connectivity index (χ1) is 7.20. The average molecular weight is 240 g/mol. The highest BCUT2D eigenvalue weighted by Crippen LogP contribution is 2.32. The second-order valence-electron chi connectivity index (χ2n) is 3.01. The first-order valence-corrected chi connectivity index (χ1v) is 5.08. The summed E-state index contributed by atoms with van der Waals surface area (Å²) in [5.74, 6) is 0. The molecule has 0 atom stereocenters. The molecule has 0 unspecified atom stereocenters. The summed E-state index contributed by atoms with van der Waals surface area (Å²) in [5.41, 5.74) is 1.02. The molecule has 0 radical (unpaired) electrons. The molecule has 1 heterocycles. The van der Waals surface area contributed by atoms with Crippen LogP contribution in [-0.4, -0.2) is 0 Å². The molecule has 4 heteroatoms. The van der Waals surface area contributed by atoms with Crippen LogP contribution < -0.4 is 4.73 Å². The molecule has 0 amide bonds. The molecule has 0 saturated heterocycles. The van der Waals surface area contributed by atoms with Crippen molar-refractivity contribution in [3.8, 4) is 11.3 Å². The Hall–Kier alpha value is -1.25. The molecule has 0 spiro atoms. The fraction of sp³-hybridized carbons (Fsp3) is 0. The minimum absolute atomic E-state index is 0.452. The zero-order chi connectivity index (χ0) is 10.8. The molecule has 0 fully saturated rings. The minimum atomic E-state index is 0.452. The number of pyridine rings is 1. The molecule has 2 rings (SSSR count). The fourth-order valence-corrected chi connectivity index (χ4v) is 1.96. The van der Waals surface area contributed by atoms with Crippen molar-refractivity contribution in [2.24, 2.45) is 0 Å². The van der Waals surface area contributed by atoms with Gasteiger partial charge in [0.2, 0.25) is 5.69 Å². The highest BCUT2D eigenvalue weighted by molar-refractivity contribution is 6.38. The van der Waals surface area contributed by atoms with Gasteiger partial charge in [-0.15, -0.1) is 0 Å². The summed E-state index contributed by atoms with van der Waals surface area (Å²) in [6, 6.07) is 10.3. The van der Waals surface area contributed by atoms with E-state index in [0.29, 0.717) is 21.3 Å². The second kappa shape index (κ2) is 4.09. The molecule has 15 heavy (non-hydrogen) atoms. The molecule has 1 aromatic heterocycles. The van der Waals surface area contributed by atoms with Crippen LogP contribution in [0.15, 0.2) is 42.6 Å². The number of hydrogen-bond donors (Lipinski definition) is 0. The molecule has 76 valence electrons. The summed E-state index contributed by atoms with van der Waals surface area (Å²) in [5, 5.41) is 12.5. The Balaban J connectivity index is 2.69. The number of benzene rings is 1. The van der Waals surface area contributed by atoms with Gasteiger partial charge in [-0.1, -0.05) is 29.3 Å². The minimum Gasteiger partial charge on any atom is -0.618 e. The van der Waals surface area contributed by atoms with Gasteiger partial charge in [-0.2, -0.15) is 4.73 Å². The molecule has 0 bridgehead atoms. The van der Waals surface area contributed by atoms with Gasteiger partial charge in [-0.05, 0) is 18.2 Å². The predicted octanol–water partition coefficient (Wildman–Crippen LogP) is 3.29. The van der Waals surface area contributed by atoms with Crippen LogP contribution in [0.5, 0.6) is 0 Å². The first-order valence-electron chi connectivity index (χ1n) is 4.33. The first kappa shape index (κ1) is 10.3. The van der Waals surface area contributed by atoms with Crippen molar-refractivity contribution in [3.63, 3.8) is 0 Å². The van der Waals surface area contributed by atoms with Gasteiger partial charge in [0.1, 0.15) is 0 Å². The van der Waals surface area contributed by atoms with Gasteiger partial charge >= 0.3 is 0 Å². The molecular weight excluding hydrogens is 233 g/mol. The summed E-state index contributed by atoms with van der Waals surface area (Å²) in [4.78, 5) is 0. The van der Waals surface area contributed by atoms with Crippen LogP contribution in [0, 0.1) is 5.21 Å². The van der Waals surface area contributed by atoms with Gasteiger partial charge in [0.15, 0.2) is 6.20 Å². The summed E-state index contributed by atoms with van der Waals surface area (Å²) in [6.07, 6.45) is 1.41. The third-order valence-electron chi connectivity index (χ3n) is 2.04. The molecule has 1 aromatic carbocycles. The van der Waals surface area contributed by atoms with Gasteiger partial charge in [0, 0.05) is 12.1 Å². The van der Waals surface area contributed by atoms with Crippen molar-refractivity contribution in [2.45, 2.75) is 0 Å². The number of nitrogens with zero attached hydrogens (tertiary/aromatic N) is 1.